The number of fused-ring (bicyclic) bond motifs is 1. The molecule has 1 aliphatic heterocycles. The minimum Gasteiger partial charge on any atom is -0.357 e. The summed E-state index contributed by atoms with van der Waals surface area (Å²) >= 11 is 0. The van der Waals surface area contributed by atoms with Crippen LogP contribution in [0.25, 0.3) is 10.9 Å². The average molecular weight is 247 g/mol. The van der Waals surface area contributed by atoms with Gasteiger partial charge in [0.2, 0.25) is 0 Å². The first-order valence-electron chi connectivity index (χ1n) is 6.05. The third-order valence-corrected chi connectivity index (χ3v) is 3.56. The Balaban J connectivity index is 2.03. The van der Waals surface area contributed by atoms with E-state index in [0.29, 0.717) is 5.39 Å². The van der Waals surface area contributed by atoms with Crippen LogP contribution in [0.1, 0.15) is 11.7 Å². The zero-order valence-electron chi connectivity index (χ0n) is 10.3. The molecule has 2 aromatic heterocycles. The lowest BCUT2D eigenvalue weighted by atomic mass is 10.1. The molecule has 6 heteroatoms. The molecule has 0 saturated carbocycles. The van der Waals surface area contributed by atoms with Crippen LogP contribution in [0.4, 0.5) is 0 Å². The Bertz CT molecular complexity index is 616. The van der Waals surface area contributed by atoms with Crippen LogP contribution in [-0.4, -0.2) is 46.6 Å². The number of piperazine rings is 1. The number of likely N-dealkylation sites (N-methyl/N-ethyl adjacent to an activating group) is 1. The summed E-state index contributed by atoms with van der Waals surface area (Å²) < 4.78 is 0. The van der Waals surface area contributed by atoms with Gasteiger partial charge in [-0.3, -0.25) is 10.6 Å². The van der Waals surface area contributed by atoms with Crippen molar-refractivity contribution in [2.75, 3.05) is 26.7 Å². The van der Waals surface area contributed by atoms with Crippen molar-refractivity contribution in [1.82, 2.24) is 19.9 Å². The molecule has 1 fully saturated rings. The maximum atomic E-state index is 11.7. The third-order valence-electron chi connectivity index (χ3n) is 3.56. The van der Waals surface area contributed by atoms with E-state index in [1.807, 2.05) is 17.1 Å². The number of aromatic nitrogens is 2. The molecule has 1 saturated heterocycles. The number of hydrogen-bond donors (Lipinski definition) is 3. The summed E-state index contributed by atoms with van der Waals surface area (Å²) in [6.07, 6.45) is 1.65. The Morgan fingerprint density at radius 1 is 1.44 bits per heavy atom. The van der Waals surface area contributed by atoms with E-state index in [2.05, 4.69) is 21.9 Å². The summed E-state index contributed by atoms with van der Waals surface area (Å²) in [5, 5.41) is 2.52. The molecule has 1 aliphatic rings. The quantitative estimate of drug-likeness (QED) is 0.620. The number of nitrogens with one attached hydrogen (secondary N) is 2. The standard InChI is InChI=1S/C12H17N5O/c1-16-4-5-17(13)11(7-16)10-6-8-9(15-10)2-3-14-12(8)18/h2-3,6,11,15H,4-5,7,13H2,1H3,(H,14,18). The molecule has 2 aromatic rings. The van der Waals surface area contributed by atoms with E-state index < -0.39 is 0 Å². The van der Waals surface area contributed by atoms with E-state index in [-0.39, 0.29) is 11.6 Å². The summed E-state index contributed by atoms with van der Waals surface area (Å²) in [6.45, 7) is 2.65. The fourth-order valence-corrected chi connectivity index (χ4v) is 2.48. The Morgan fingerprint density at radius 2 is 2.28 bits per heavy atom. The highest BCUT2D eigenvalue weighted by molar-refractivity contribution is 5.79. The van der Waals surface area contributed by atoms with E-state index in [4.69, 9.17) is 5.84 Å². The van der Waals surface area contributed by atoms with Gasteiger partial charge in [0.05, 0.1) is 16.9 Å². The fourth-order valence-electron chi connectivity index (χ4n) is 2.48. The van der Waals surface area contributed by atoms with Crippen molar-refractivity contribution in [1.29, 1.82) is 0 Å². The number of aromatic amines is 2. The van der Waals surface area contributed by atoms with Crippen molar-refractivity contribution >= 4 is 10.9 Å². The van der Waals surface area contributed by atoms with Gasteiger partial charge in [-0.15, -0.1) is 0 Å². The second-order valence-corrected chi connectivity index (χ2v) is 4.87. The smallest absolute Gasteiger partial charge is 0.257 e. The van der Waals surface area contributed by atoms with Crippen molar-refractivity contribution in [2.24, 2.45) is 5.84 Å². The zero-order chi connectivity index (χ0) is 12.7. The van der Waals surface area contributed by atoms with E-state index in [1.165, 1.54) is 0 Å². The van der Waals surface area contributed by atoms with Crippen molar-refractivity contribution < 1.29 is 0 Å². The van der Waals surface area contributed by atoms with Gasteiger partial charge in [0.15, 0.2) is 0 Å². The first-order valence-corrected chi connectivity index (χ1v) is 6.05. The van der Waals surface area contributed by atoms with Gasteiger partial charge in [-0.1, -0.05) is 0 Å². The second-order valence-electron chi connectivity index (χ2n) is 4.87. The van der Waals surface area contributed by atoms with Crippen LogP contribution in [-0.2, 0) is 0 Å². The molecular formula is C12H17N5O. The van der Waals surface area contributed by atoms with E-state index >= 15 is 0 Å². The lowest BCUT2D eigenvalue weighted by molar-refractivity contribution is 0.0885. The summed E-state index contributed by atoms with van der Waals surface area (Å²) in [4.78, 5) is 19.9. The number of nitrogens with zero attached hydrogens (tertiary/aromatic N) is 2. The maximum absolute atomic E-state index is 11.7. The van der Waals surface area contributed by atoms with E-state index in [0.717, 1.165) is 30.8 Å². The average Bonchev–Trinajstić information content (AvgIpc) is 2.77. The molecular weight excluding hydrogens is 230 g/mol. The first kappa shape index (κ1) is 11.5. The summed E-state index contributed by atoms with van der Waals surface area (Å²) in [7, 11) is 2.08. The molecule has 0 bridgehead atoms. The number of pyridine rings is 1. The van der Waals surface area contributed by atoms with Crippen LogP contribution in [0, 0.1) is 0 Å². The predicted octanol–water partition coefficient (Wildman–Crippen LogP) is 0.0184. The monoisotopic (exact) mass is 247 g/mol. The third kappa shape index (κ3) is 1.84. The molecule has 0 aromatic carbocycles. The van der Waals surface area contributed by atoms with Crippen molar-refractivity contribution in [3.8, 4) is 0 Å². The van der Waals surface area contributed by atoms with Crippen LogP contribution in [0.2, 0.25) is 0 Å². The van der Waals surface area contributed by atoms with E-state index in [1.54, 1.807) is 6.20 Å². The lowest BCUT2D eigenvalue weighted by Gasteiger charge is -2.36. The highest BCUT2D eigenvalue weighted by Gasteiger charge is 2.25. The number of hydrogen-bond acceptors (Lipinski definition) is 4. The molecule has 1 atom stereocenters. The van der Waals surface area contributed by atoms with Crippen molar-refractivity contribution in [3.05, 3.63) is 34.4 Å². The second kappa shape index (κ2) is 4.24. The Hall–Kier alpha value is -1.63. The van der Waals surface area contributed by atoms with Crippen LogP contribution >= 0.6 is 0 Å². The van der Waals surface area contributed by atoms with Crippen LogP contribution in [0.5, 0.6) is 0 Å². The molecule has 3 heterocycles. The van der Waals surface area contributed by atoms with Gasteiger partial charge in [-0.05, 0) is 19.2 Å². The lowest BCUT2D eigenvalue weighted by Crippen LogP contribution is -2.50. The molecule has 96 valence electrons. The highest BCUT2D eigenvalue weighted by Crippen LogP contribution is 2.23. The van der Waals surface area contributed by atoms with Crippen LogP contribution in [0.3, 0.4) is 0 Å². The molecule has 18 heavy (non-hydrogen) atoms. The Morgan fingerprint density at radius 3 is 3.06 bits per heavy atom. The topological polar surface area (TPSA) is 81.2 Å². The summed E-state index contributed by atoms with van der Waals surface area (Å²) in [5.74, 6) is 6.03. The van der Waals surface area contributed by atoms with Crippen molar-refractivity contribution in [2.45, 2.75) is 6.04 Å². The minimum atomic E-state index is -0.0669. The summed E-state index contributed by atoms with van der Waals surface area (Å²) in [5.41, 5.74) is 1.79. The minimum absolute atomic E-state index is 0.0669. The predicted molar refractivity (Wildman–Crippen MR) is 70.1 cm³/mol. The molecule has 4 N–H and O–H groups in total. The van der Waals surface area contributed by atoms with E-state index in [9.17, 15) is 4.79 Å². The molecule has 0 spiro atoms. The van der Waals surface area contributed by atoms with Gasteiger partial charge < -0.3 is 14.9 Å². The van der Waals surface area contributed by atoms with Gasteiger partial charge in [-0.25, -0.2) is 5.01 Å². The molecule has 1 unspecified atom stereocenters. The number of H-pyrrole nitrogens is 2. The van der Waals surface area contributed by atoms with Gasteiger partial charge >= 0.3 is 0 Å². The Labute approximate surface area is 104 Å². The number of rotatable bonds is 1. The largest absolute Gasteiger partial charge is 0.357 e. The van der Waals surface area contributed by atoms with Gasteiger partial charge in [0, 0.05) is 31.5 Å². The molecule has 3 rings (SSSR count). The van der Waals surface area contributed by atoms with Crippen LogP contribution in [0.15, 0.2) is 23.1 Å². The van der Waals surface area contributed by atoms with Gasteiger partial charge in [0.1, 0.15) is 0 Å². The maximum Gasteiger partial charge on any atom is 0.257 e. The molecule has 0 amide bonds. The number of nitrogens with two attached hydrogens (primary N) is 1. The first-order chi connectivity index (χ1) is 8.65. The molecule has 0 aliphatic carbocycles. The Kier molecular flexibility index (Phi) is 2.70. The van der Waals surface area contributed by atoms with Crippen molar-refractivity contribution in [3.63, 3.8) is 0 Å². The fraction of sp³-hybridized carbons (Fsp3) is 0.417. The normalized spacial score (nSPS) is 22.7. The van der Waals surface area contributed by atoms with Gasteiger partial charge in [0.25, 0.3) is 5.56 Å². The van der Waals surface area contributed by atoms with Gasteiger partial charge in [-0.2, -0.15) is 0 Å². The number of hydrazine groups is 1. The zero-order valence-corrected chi connectivity index (χ0v) is 10.3. The SMILES string of the molecule is CN1CCN(N)C(c2cc3c(=O)[nH]ccc3[nH]2)C1. The highest BCUT2D eigenvalue weighted by atomic mass is 16.1. The molecule has 6 nitrogen and oxygen atoms in total. The summed E-state index contributed by atoms with van der Waals surface area (Å²) in [6, 6.07) is 3.88. The molecule has 0 radical (unpaired) electrons. The van der Waals surface area contributed by atoms with Crippen LogP contribution < -0.4 is 11.4 Å².